The lowest BCUT2D eigenvalue weighted by Crippen LogP contribution is -2.13. The first-order valence-electron chi connectivity index (χ1n) is 5.84. The molecule has 18 heavy (non-hydrogen) atoms. The number of hydrogen-bond acceptors (Lipinski definition) is 2. The van der Waals surface area contributed by atoms with Crippen LogP contribution in [0.4, 0.5) is 4.39 Å². The van der Waals surface area contributed by atoms with Crippen molar-refractivity contribution in [3.8, 4) is 5.75 Å². The number of carbonyl (C=O) groups is 1. The van der Waals surface area contributed by atoms with Crippen LogP contribution < -0.4 is 4.74 Å². The van der Waals surface area contributed by atoms with Crippen molar-refractivity contribution in [2.75, 3.05) is 0 Å². The maximum atomic E-state index is 13.3. The topological polar surface area (TPSA) is 46.5 Å². The number of hydrogen-bond donors (Lipinski definition) is 1. The summed E-state index contributed by atoms with van der Waals surface area (Å²) in [6.07, 6.45) is 2.25. The predicted octanol–water partition coefficient (Wildman–Crippen LogP) is 3.28. The Balaban J connectivity index is 2.27. The zero-order valence-electron chi connectivity index (χ0n) is 9.95. The Morgan fingerprint density at radius 2 is 2.28 bits per heavy atom. The van der Waals surface area contributed by atoms with Gasteiger partial charge >= 0.3 is 5.97 Å². The van der Waals surface area contributed by atoms with Gasteiger partial charge in [-0.1, -0.05) is 18.5 Å². The van der Waals surface area contributed by atoms with E-state index in [-0.39, 0.29) is 17.5 Å². The minimum absolute atomic E-state index is 0.131. The minimum Gasteiger partial charge on any atom is -0.489 e. The molecule has 0 aliphatic heterocycles. The first-order valence-corrected chi connectivity index (χ1v) is 6.22. The molecule has 1 aliphatic rings. The summed E-state index contributed by atoms with van der Waals surface area (Å²) in [5.41, 5.74) is 0.516. The molecule has 0 saturated heterocycles. The Labute approximate surface area is 110 Å². The molecule has 0 radical (unpaired) electrons. The second-order valence-corrected chi connectivity index (χ2v) is 5.04. The molecule has 0 heterocycles. The molecule has 0 amide bonds. The zero-order valence-corrected chi connectivity index (χ0v) is 10.7. The van der Waals surface area contributed by atoms with Gasteiger partial charge in [0, 0.05) is 0 Å². The molecule has 0 aromatic heterocycles. The van der Waals surface area contributed by atoms with E-state index in [2.05, 4.69) is 0 Å². The van der Waals surface area contributed by atoms with Crippen LogP contribution >= 0.6 is 11.6 Å². The standard InChI is InChI=1S/C13H14ClFO3/c1-7(13(16)17)4-8-5-9(15)6-11(14)12(8)18-10-2-3-10/h5-7,10H,2-4H2,1H3,(H,16,17). The van der Waals surface area contributed by atoms with E-state index in [1.54, 1.807) is 6.92 Å². The number of aliphatic carboxylic acids is 1. The first kappa shape index (κ1) is 13.1. The Kier molecular flexibility index (Phi) is 3.76. The highest BCUT2D eigenvalue weighted by atomic mass is 35.5. The van der Waals surface area contributed by atoms with Crippen molar-refractivity contribution in [2.45, 2.75) is 32.3 Å². The second kappa shape index (κ2) is 5.14. The number of ether oxygens (including phenoxy) is 1. The van der Waals surface area contributed by atoms with Crippen molar-refractivity contribution >= 4 is 17.6 Å². The maximum Gasteiger partial charge on any atom is 0.306 e. The molecule has 1 unspecified atom stereocenters. The van der Waals surface area contributed by atoms with E-state index in [9.17, 15) is 9.18 Å². The SMILES string of the molecule is CC(Cc1cc(F)cc(Cl)c1OC1CC1)C(=O)O. The average Bonchev–Trinajstić information content (AvgIpc) is 3.06. The van der Waals surface area contributed by atoms with E-state index in [0.29, 0.717) is 11.3 Å². The van der Waals surface area contributed by atoms with E-state index in [4.69, 9.17) is 21.4 Å². The fraction of sp³-hybridized carbons (Fsp3) is 0.462. The lowest BCUT2D eigenvalue weighted by Gasteiger charge is -2.14. The van der Waals surface area contributed by atoms with E-state index in [1.165, 1.54) is 12.1 Å². The Morgan fingerprint density at radius 1 is 1.61 bits per heavy atom. The molecule has 2 rings (SSSR count). The molecule has 1 aromatic rings. The van der Waals surface area contributed by atoms with Crippen molar-refractivity contribution in [3.05, 3.63) is 28.5 Å². The summed E-state index contributed by atoms with van der Waals surface area (Å²) in [5, 5.41) is 9.10. The lowest BCUT2D eigenvalue weighted by atomic mass is 10.0. The summed E-state index contributed by atoms with van der Waals surface area (Å²) in [4.78, 5) is 10.9. The van der Waals surface area contributed by atoms with E-state index in [0.717, 1.165) is 12.8 Å². The Hall–Kier alpha value is -1.29. The van der Waals surface area contributed by atoms with Crippen molar-refractivity contribution in [3.63, 3.8) is 0 Å². The normalized spacial score (nSPS) is 16.4. The summed E-state index contributed by atoms with van der Waals surface area (Å²) in [6.45, 7) is 1.57. The minimum atomic E-state index is -0.923. The predicted molar refractivity (Wildman–Crippen MR) is 65.6 cm³/mol. The summed E-state index contributed by atoms with van der Waals surface area (Å²) >= 11 is 5.96. The molecule has 0 spiro atoms. The largest absolute Gasteiger partial charge is 0.489 e. The molecule has 98 valence electrons. The molecule has 1 aliphatic carbocycles. The highest BCUT2D eigenvalue weighted by molar-refractivity contribution is 6.32. The van der Waals surface area contributed by atoms with Crippen LogP contribution in [0.15, 0.2) is 12.1 Å². The average molecular weight is 273 g/mol. The Bertz CT molecular complexity index is 472. The summed E-state index contributed by atoms with van der Waals surface area (Å²) in [5.74, 6) is -1.58. The second-order valence-electron chi connectivity index (χ2n) is 4.64. The number of benzene rings is 1. The smallest absolute Gasteiger partial charge is 0.306 e. The molecule has 1 aromatic carbocycles. The van der Waals surface area contributed by atoms with Crippen molar-refractivity contribution in [2.24, 2.45) is 5.92 Å². The van der Waals surface area contributed by atoms with Gasteiger partial charge in [-0.3, -0.25) is 4.79 Å². The molecule has 1 fully saturated rings. The molecule has 5 heteroatoms. The highest BCUT2D eigenvalue weighted by Gasteiger charge is 2.27. The van der Waals surface area contributed by atoms with Gasteiger partial charge in [0.05, 0.1) is 17.0 Å². The van der Waals surface area contributed by atoms with Crippen LogP contribution in [0.2, 0.25) is 5.02 Å². The van der Waals surface area contributed by atoms with Gasteiger partial charge in [0.15, 0.2) is 0 Å². The van der Waals surface area contributed by atoms with E-state index >= 15 is 0 Å². The number of halogens is 2. The molecule has 1 atom stereocenters. The van der Waals surface area contributed by atoms with Gasteiger partial charge < -0.3 is 9.84 Å². The van der Waals surface area contributed by atoms with Crippen LogP contribution in [0.3, 0.4) is 0 Å². The lowest BCUT2D eigenvalue weighted by molar-refractivity contribution is -0.141. The van der Waals surface area contributed by atoms with Crippen molar-refractivity contribution in [1.29, 1.82) is 0 Å². The zero-order chi connectivity index (χ0) is 13.3. The van der Waals surface area contributed by atoms with Crippen molar-refractivity contribution in [1.82, 2.24) is 0 Å². The van der Waals surface area contributed by atoms with Crippen molar-refractivity contribution < 1.29 is 19.0 Å². The first-order chi connectivity index (χ1) is 8.47. The summed E-state index contributed by atoms with van der Waals surface area (Å²) in [6, 6.07) is 2.48. The van der Waals surface area contributed by atoms with Crippen LogP contribution in [0, 0.1) is 11.7 Å². The molecule has 0 bridgehead atoms. The fourth-order valence-corrected chi connectivity index (χ4v) is 1.94. The maximum absolute atomic E-state index is 13.3. The fourth-order valence-electron chi connectivity index (χ4n) is 1.67. The van der Waals surface area contributed by atoms with Gasteiger partial charge in [-0.15, -0.1) is 0 Å². The summed E-state index contributed by atoms with van der Waals surface area (Å²) < 4.78 is 19.0. The molecule has 3 nitrogen and oxygen atoms in total. The third-order valence-corrected chi connectivity index (χ3v) is 3.12. The third kappa shape index (κ3) is 3.13. The van der Waals surface area contributed by atoms with Gasteiger partial charge in [-0.05, 0) is 37.0 Å². The van der Waals surface area contributed by atoms with Gasteiger partial charge in [-0.2, -0.15) is 0 Å². The van der Waals surface area contributed by atoms with Crippen LogP contribution in [-0.2, 0) is 11.2 Å². The highest BCUT2D eigenvalue weighted by Crippen LogP contribution is 2.36. The van der Waals surface area contributed by atoms with E-state index < -0.39 is 17.7 Å². The molecule has 1 N–H and O–H groups in total. The monoisotopic (exact) mass is 272 g/mol. The van der Waals surface area contributed by atoms with Gasteiger partial charge in [0.2, 0.25) is 0 Å². The van der Waals surface area contributed by atoms with Crippen LogP contribution in [-0.4, -0.2) is 17.2 Å². The quantitative estimate of drug-likeness (QED) is 0.895. The van der Waals surface area contributed by atoms with Crippen LogP contribution in [0.1, 0.15) is 25.3 Å². The third-order valence-electron chi connectivity index (χ3n) is 2.84. The van der Waals surface area contributed by atoms with Crippen LogP contribution in [0.25, 0.3) is 0 Å². The van der Waals surface area contributed by atoms with Gasteiger partial charge in [0.1, 0.15) is 11.6 Å². The van der Waals surface area contributed by atoms with Gasteiger partial charge in [0.25, 0.3) is 0 Å². The van der Waals surface area contributed by atoms with E-state index in [1.807, 2.05) is 0 Å². The number of rotatable bonds is 5. The number of carboxylic acids is 1. The van der Waals surface area contributed by atoms with Gasteiger partial charge in [-0.25, -0.2) is 4.39 Å². The molecular formula is C13H14ClFO3. The molecule has 1 saturated carbocycles. The summed E-state index contributed by atoms with van der Waals surface area (Å²) in [7, 11) is 0. The number of carboxylic acid groups (broad SMARTS) is 1. The molecular weight excluding hydrogens is 259 g/mol. The Morgan fingerprint density at radius 3 is 2.83 bits per heavy atom. The van der Waals surface area contributed by atoms with Crippen LogP contribution in [0.5, 0.6) is 5.75 Å².